The number of hydrogen-bond acceptors (Lipinski definition) is 4. The van der Waals surface area contributed by atoms with Crippen molar-refractivity contribution in [1.29, 1.82) is 0 Å². The van der Waals surface area contributed by atoms with Crippen molar-refractivity contribution < 1.29 is 47.6 Å². The Kier molecular flexibility index (Phi) is 25.4. The molecule has 176 valence electrons. The molecule has 0 aromatic carbocycles. The second-order valence-corrected chi connectivity index (χ2v) is 10.5. The first-order valence-corrected chi connectivity index (χ1v) is 14.0. The Morgan fingerprint density at radius 1 is 0.600 bits per heavy atom. The van der Waals surface area contributed by atoms with Crippen LogP contribution in [-0.4, -0.2) is 29.4 Å². The van der Waals surface area contributed by atoms with Gasteiger partial charge in [-0.05, 0) is 25.7 Å². The van der Waals surface area contributed by atoms with E-state index in [-0.39, 0.29) is 35.7 Å². The summed E-state index contributed by atoms with van der Waals surface area (Å²) in [6.07, 6.45) is 20.5. The Morgan fingerprint density at radius 2 is 0.900 bits per heavy atom. The fraction of sp³-hybridized carbons (Fsp3) is 1.00. The number of aliphatic hydroxyl groups is 1. The Balaban J connectivity index is 0. The molecule has 0 radical (unpaired) electrons. The van der Waals surface area contributed by atoms with Gasteiger partial charge in [0, 0.05) is 5.25 Å². The van der Waals surface area contributed by atoms with Crippen LogP contribution in [0.2, 0.25) is 0 Å². The number of unbranched alkanes of at least 4 members (excludes halogenated alkanes) is 13. The summed E-state index contributed by atoms with van der Waals surface area (Å²) in [6.45, 7) is 4.39. The zero-order chi connectivity index (χ0) is 21.8. The van der Waals surface area contributed by atoms with E-state index in [9.17, 15) is 18.1 Å². The maximum Gasteiger partial charge on any atom is 1.00 e. The van der Waals surface area contributed by atoms with Crippen molar-refractivity contribution in [1.82, 2.24) is 0 Å². The summed E-state index contributed by atoms with van der Waals surface area (Å²) < 4.78 is 34.6. The zero-order valence-corrected chi connectivity index (χ0v) is 23.2. The van der Waals surface area contributed by atoms with Crippen LogP contribution in [0, 0.1) is 0 Å². The molecule has 0 aliphatic rings. The number of hydrogen-bond donors (Lipinski definition) is 1. The molecule has 0 aromatic rings. The fourth-order valence-electron chi connectivity index (χ4n) is 4.00. The monoisotopic (exact) mass is 456 g/mol. The SMILES string of the molecule is CCCCCCCCCC(CCCCCCCC(O)CCCCCC)S(=O)(=O)[O-].[Na+]. The molecule has 0 fully saturated rings. The summed E-state index contributed by atoms with van der Waals surface area (Å²) in [4.78, 5) is 0. The van der Waals surface area contributed by atoms with Crippen LogP contribution in [0.25, 0.3) is 0 Å². The predicted molar refractivity (Wildman–Crippen MR) is 123 cm³/mol. The van der Waals surface area contributed by atoms with Crippen molar-refractivity contribution in [2.45, 2.75) is 154 Å². The van der Waals surface area contributed by atoms with Crippen molar-refractivity contribution in [2.75, 3.05) is 0 Å². The topological polar surface area (TPSA) is 77.4 Å². The van der Waals surface area contributed by atoms with Crippen LogP contribution in [0.5, 0.6) is 0 Å². The number of rotatable bonds is 22. The van der Waals surface area contributed by atoms with E-state index in [1.165, 1.54) is 44.9 Å². The Labute approximate surface area is 210 Å². The van der Waals surface area contributed by atoms with Crippen LogP contribution >= 0.6 is 0 Å². The van der Waals surface area contributed by atoms with E-state index in [1.54, 1.807) is 0 Å². The molecule has 0 aliphatic carbocycles. The number of aliphatic hydroxyl groups excluding tert-OH is 1. The molecule has 2 unspecified atom stereocenters. The standard InChI is InChI=1S/C24H50O4S.Na/c1-3-5-7-9-10-13-17-21-24(29(26,27)28)22-18-14-11-12-16-20-23(25)19-15-8-6-4-2;/h23-25H,3-22H2,1-2H3,(H,26,27,28);/q;+1/p-1. The predicted octanol–water partition coefficient (Wildman–Crippen LogP) is 4.11. The van der Waals surface area contributed by atoms with E-state index in [0.29, 0.717) is 12.8 Å². The average molecular weight is 457 g/mol. The first kappa shape index (κ1) is 33.0. The second kappa shape index (κ2) is 23.0. The molecule has 0 aromatic heterocycles. The van der Waals surface area contributed by atoms with E-state index in [1.807, 2.05) is 0 Å². The molecule has 30 heavy (non-hydrogen) atoms. The zero-order valence-electron chi connectivity index (χ0n) is 20.4. The summed E-state index contributed by atoms with van der Waals surface area (Å²) in [5, 5.41) is 9.28. The Hall–Kier alpha value is 0.870. The molecule has 6 heteroatoms. The molecule has 0 saturated heterocycles. The van der Waals surface area contributed by atoms with Gasteiger partial charge < -0.3 is 9.66 Å². The Morgan fingerprint density at radius 3 is 1.27 bits per heavy atom. The second-order valence-electron chi connectivity index (χ2n) is 8.87. The molecule has 1 N–H and O–H groups in total. The third kappa shape index (κ3) is 22.1. The quantitative estimate of drug-likeness (QED) is 0.151. The van der Waals surface area contributed by atoms with Gasteiger partial charge in [-0.1, -0.05) is 117 Å². The Bertz CT molecular complexity index is 442. The molecular weight excluding hydrogens is 407 g/mol. The van der Waals surface area contributed by atoms with Gasteiger partial charge in [0.05, 0.1) is 16.2 Å². The minimum atomic E-state index is -4.17. The van der Waals surface area contributed by atoms with Gasteiger partial charge in [0.1, 0.15) is 0 Å². The van der Waals surface area contributed by atoms with Gasteiger partial charge in [0.2, 0.25) is 0 Å². The molecule has 0 bridgehead atoms. The van der Waals surface area contributed by atoms with Gasteiger partial charge in [-0.15, -0.1) is 0 Å². The largest absolute Gasteiger partial charge is 1.00 e. The first-order chi connectivity index (χ1) is 13.9. The van der Waals surface area contributed by atoms with Crippen LogP contribution in [0.3, 0.4) is 0 Å². The van der Waals surface area contributed by atoms with Crippen LogP contribution in [0.15, 0.2) is 0 Å². The summed E-state index contributed by atoms with van der Waals surface area (Å²) in [5.41, 5.74) is 0. The molecule has 0 amide bonds. The molecule has 0 saturated carbocycles. The third-order valence-corrected chi connectivity index (χ3v) is 7.28. The van der Waals surface area contributed by atoms with Crippen molar-refractivity contribution in [3.8, 4) is 0 Å². The van der Waals surface area contributed by atoms with Gasteiger partial charge in [0.15, 0.2) is 0 Å². The molecule has 0 spiro atoms. The van der Waals surface area contributed by atoms with E-state index in [2.05, 4.69) is 13.8 Å². The van der Waals surface area contributed by atoms with Crippen LogP contribution in [0.4, 0.5) is 0 Å². The smallest absolute Gasteiger partial charge is 0.748 e. The maximum atomic E-state index is 11.5. The van der Waals surface area contributed by atoms with Crippen LogP contribution < -0.4 is 29.6 Å². The fourth-order valence-corrected chi connectivity index (χ4v) is 4.91. The van der Waals surface area contributed by atoms with E-state index >= 15 is 0 Å². The van der Waals surface area contributed by atoms with Crippen molar-refractivity contribution in [2.24, 2.45) is 0 Å². The summed E-state index contributed by atoms with van der Waals surface area (Å²) in [5.74, 6) is 0. The first-order valence-electron chi connectivity index (χ1n) is 12.5. The van der Waals surface area contributed by atoms with Gasteiger partial charge >= 0.3 is 29.6 Å². The molecule has 0 aliphatic heterocycles. The van der Waals surface area contributed by atoms with Gasteiger partial charge in [-0.2, -0.15) is 0 Å². The van der Waals surface area contributed by atoms with E-state index < -0.39 is 15.4 Å². The summed E-state index contributed by atoms with van der Waals surface area (Å²) in [6, 6.07) is 0. The molecular formula is C24H49NaO4S. The van der Waals surface area contributed by atoms with Crippen LogP contribution in [0.1, 0.15) is 142 Å². The van der Waals surface area contributed by atoms with Gasteiger partial charge in [-0.3, -0.25) is 0 Å². The van der Waals surface area contributed by atoms with E-state index in [0.717, 1.165) is 70.6 Å². The third-order valence-electron chi connectivity index (χ3n) is 5.99. The molecule has 0 heterocycles. The normalized spacial score (nSPS) is 13.7. The van der Waals surface area contributed by atoms with Crippen molar-refractivity contribution >= 4 is 10.1 Å². The molecule has 2 atom stereocenters. The maximum absolute atomic E-state index is 11.5. The van der Waals surface area contributed by atoms with Crippen LogP contribution in [-0.2, 0) is 10.1 Å². The minimum Gasteiger partial charge on any atom is -0.748 e. The average Bonchev–Trinajstić information content (AvgIpc) is 2.67. The van der Waals surface area contributed by atoms with Gasteiger partial charge in [0.25, 0.3) is 0 Å². The minimum absolute atomic E-state index is 0. The molecule has 4 nitrogen and oxygen atoms in total. The van der Waals surface area contributed by atoms with Gasteiger partial charge in [-0.25, -0.2) is 8.42 Å². The van der Waals surface area contributed by atoms with Crippen molar-refractivity contribution in [3.05, 3.63) is 0 Å². The summed E-state index contributed by atoms with van der Waals surface area (Å²) >= 11 is 0. The van der Waals surface area contributed by atoms with Crippen molar-refractivity contribution in [3.63, 3.8) is 0 Å². The summed E-state index contributed by atoms with van der Waals surface area (Å²) in [7, 11) is -4.17. The molecule has 0 rings (SSSR count). The van der Waals surface area contributed by atoms with E-state index in [4.69, 9.17) is 0 Å².